The van der Waals surface area contributed by atoms with Crippen molar-refractivity contribution < 1.29 is 9.47 Å². The Morgan fingerprint density at radius 3 is 2.20 bits per heavy atom. The molecule has 8 rings (SSSR count). The van der Waals surface area contributed by atoms with Crippen molar-refractivity contribution in [3.8, 4) is 33.8 Å². The maximum absolute atomic E-state index is 6.22. The molecule has 0 radical (unpaired) electrons. The molecule has 2 aliphatic rings. The molecule has 6 aromatic rings. The first kappa shape index (κ1) is 45.3. The van der Waals surface area contributed by atoms with E-state index in [2.05, 4.69) is 173 Å². The molecular formula is C61H63NO2. The Morgan fingerprint density at radius 1 is 0.750 bits per heavy atom. The fourth-order valence-electron chi connectivity index (χ4n) is 9.37. The van der Waals surface area contributed by atoms with Crippen LogP contribution in [0.15, 0.2) is 224 Å². The first-order valence-electron chi connectivity index (χ1n) is 22.9. The number of aryl methyl sites for hydroxylation is 2. The Morgan fingerprint density at radius 2 is 1.47 bits per heavy atom. The summed E-state index contributed by atoms with van der Waals surface area (Å²) in [5.74, 6) is 3.28. The summed E-state index contributed by atoms with van der Waals surface area (Å²) >= 11 is 0. The largest absolute Gasteiger partial charge is 0.497 e. The summed E-state index contributed by atoms with van der Waals surface area (Å²) in [6.45, 7) is 15.6. The van der Waals surface area contributed by atoms with Crippen LogP contribution >= 0.6 is 0 Å². The van der Waals surface area contributed by atoms with E-state index in [0.717, 1.165) is 58.8 Å². The molecule has 0 aliphatic heterocycles. The average Bonchev–Trinajstić information content (AvgIpc) is 3.56. The summed E-state index contributed by atoms with van der Waals surface area (Å²) in [5.41, 5.74) is 19.4. The number of rotatable bonds is 14. The maximum Gasteiger partial charge on any atom is 0.130 e. The van der Waals surface area contributed by atoms with E-state index in [1.165, 1.54) is 51.8 Å². The lowest BCUT2D eigenvalue weighted by molar-refractivity contribution is 0.205. The van der Waals surface area contributed by atoms with Gasteiger partial charge in [-0.25, -0.2) is 0 Å². The molecule has 0 amide bonds. The van der Waals surface area contributed by atoms with E-state index in [9.17, 15) is 0 Å². The zero-order valence-corrected chi connectivity index (χ0v) is 37.9. The first-order valence-corrected chi connectivity index (χ1v) is 22.9. The highest BCUT2D eigenvalue weighted by atomic mass is 16.5. The van der Waals surface area contributed by atoms with Crippen LogP contribution in [0.1, 0.15) is 78.7 Å². The monoisotopic (exact) mass is 841 g/mol. The zero-order chi connectivity index (χ0) is 44.7. The molecular weight excluding hydrogens is 779 g/mol. The molecule has 0 saturated heterocycles. The van der Waals surface area contributed by atoms with Crippen LogP contribution < -0.4 is 10.5 Å². The summed E-state index contributed by atoms with van der Waals surface area (Å²) in [5, 5.41) is 0. The van der Waals surface area contributed by atoms with Gasteiger partial charge in [-0.3, -0.25) is 0 Å². The topological polar surface area (TPSA) is 44.5 Å². The molecule has 0 saturated carbocycles. The minimum atomic E-state index is -0.0581. The lowest BCUT2D eigenvalue weighted by atomic mass is 9.64. The molecule has 2 aliphatic carbocycles. The Balaban J connectivity index is 0.000000197. The van der Waals surface area contributed by atoms with E-state index in [1.54, 1.807) is 6.08 Å². The number of allylic oxidation sites excluding steroid dienone is 10. The third kappa shape index (κ3) is 10.9. The Labute approximate surface area is 382 Å². The molecule has 2 N–H and O–H groups in total. The molecule has 3 nitrogen and oxygen atoms in total. The van der Waals surface area contributed by atoms with Gasteiger partial charge in [0.25, 0.3) is 0 Å². The van der Waals surface area contributed by atoms with Crippen LogP contribution in [0.3, 0.4) is 0 Å². The normalized spacial score (nSPS) is 18.2. The fourth-order valence-corrected chi connectivity index (χ4v) is 9.37. The van der Waals surface area contributed by atoms with E-state index in [-0.39, 0.29) is 11.3 Å². The fraction of sp³-hybridized carbons (Fsp3) is 0.213. The highest BCUT2D eigenvalue weighted by Gasteiger charge is 2.39. The molecule has 0 spiro atoms. The third-order valence-electron chi connectivity index (χ3n) is 12.5. The van der Waals surface area contributed by atoms with E-state index in [0.29, 0.717) is 19.1 Å². The van der Waals surface area contributed by atoms with E-state index < -0.39 is 0 Å². The quantitative estimate of drug-likeness (QED) is 0.0878. The second kappa shape index (κ2) is 22.1. The van der Waals surface area contributed by atoms with E-state index in [4.69, 9.17) is 15.2 Å². The van der Waals surface area contributed by atoms with Crippen molar-refractivity contribution in [3.63, 3.8) is 0 Å². The summed E-state index contributed by atoms with van der Waals surface area (Å²) in [4.78, 5) is 0. The van der Waals surface area contributed by atoms with Crippen LogP contribution in [0.25, 0.3) is 22.3 Å². The number of ether oxygens (including phenoxy) is 2. The Hall–Kier alpha value is -6.68. The van der Waals surface area contributed by atoms with Gasteiger partial charge in [0, 0.05) is 16.9 Å². The predicted molar refractivity (Wildman–Crippen MR) is 271 cm³/mol. The maximum atomic E-state index is 6.22. The molecule has 3 heteroatoms. The van der Waals surface area contributed by atoms with Crippen molar-refractivity contribution in [1.29, 1.82) is 0 Å². The third-order valence-corrected chi connectivity index (χ3v) is 12.5. The summed E-state index contributed by atoms with van der Waals surface area (Å²) < 4.78 is 12.3. The van der Waals surface area contributed by atoms with Crippen LogP contribution in [0.2, 0.25) is 0 Å². The second-order valence-corrected chi connectivity index (χ2v) is 16.9. The van der Waals surface area contributed by atoms with E-state index in [1.807, 2.05) is 49.4 Å². The summed E-state index contributed by atoms with van der Waals surface area (Å²) in [6, 6.07) is 53.9. The lowest BCUT2D eigenvalue weighted by Gasteiger charge is -2.39. The molecule has 3 atom stereocenters. The Bertz CT molecular complexity index is 2610. The van der Waals surface area contributed by atoms with Crippen molar-refractivity contribution in [2.45, 2.75) is 70.1 Å². The van der Waals surface area contributed by atoms with Crippen LogP contribution in [0.4, 0.5) is 0 Å². The molecule has 6 aromatic carbocycles. The van der Waals surface area contributed by atoms with Crippen molar-refractivity contribution in [2.75, 3.05) is 13.2 Å². The van der Waals surface area contributed by atoms with Gasteiger partial charge in [0.1, 0.15) is 17.3 Å². The Kier molecular flexibility index (Phi) is 15.7. The molecule has 324 valence electrons. The highest BCUT2D eigenvalue weighted by molar-refractivity contribution is 5.67. The molecule has 0 heterocycles. The molecule has 0 aromatic heterocycles. The van der Waals surface area contributed by atoms with E-state index >= 15 is 0 Å². The lowest BCUT2D eigenvalue weighted by Crippen LogP contribution is -2.34. The number of nitrogens with two attached hydrogens (primary N) is 1. The standard InChI is InChI=1S/C34H34O2.C27H29N/c1-6-8-12-25(4)31-14-11-15-32(34(31)35-7-2)29-22-24(3)21-28(23-29)27-17-19-30(20-18-27)36-33-16-10-9-13-26(33)5;28-20-19-27(18-9-3-8-17-26(27)23-13-6-2-7-14-23)25-16-10-15-24(21-25)22-11-4-1-5-12-22/h6,8-14,16-23,32H,1,4,7,15H2,2-3,5H3;1-2,4-7,9-16,18,21,26H,3,8,17,19-20,28H2/b12-8-;/t;26-,27?/m.0/s1. The smallest absolute Gasteiger partial charge is 0.130 e. The number of benzene rings is 6. The predicted octanol–water partition coefficient (Wildman–Crippen LogP) is 15.9. The molecule has 2 unspecified atom stereocenters. The van der Waals surface area contributed by atoms with Crippen LogP contribution in [-0.4, -0.2) is 13.2 Å². The van der Waals surface area contributed by atoms with Crippen molar-refractivity contribution in [1.82, 2.24) is 0 Å². The van der Waals surface area contributed by atoms with Crippen molar-refractivity contribution in [2.24, 2.45) is 5.73 Å². The van der Waals surface area contributed by atoms with Gasteiger partial charge < -0.3 is 15.2 Å². The number of hydrogen-bond acceptors (Lipinski definition) is 3. The SMILES string of the molecule is C=C/C=C\C(=C)C1=C(OCC)C(c2cc(C)cc(-c3ccc(Oc4ccccc4C)cc3)c2)CC=C1.NCCC1(c2cccc(-c3ccccc3)c2)C=CCCC[C@H]1c1ccccc1. The number of hydrogen-bond donors (Lipinski definition) is 1. The minimum Gasteiger partial charge on any atom is -0.497 e. The molecule has 0 fully saturated rings. The van der Waals surface area contributed by atoms with Gasteiger partial charge in [-0.2, -0.15) is 0 Å². The van der Waals surface area contributed by atoms with Crippen molar-refractivity contribution in [3.05, 3.63) is 252 Å². The summed E-state index contributed by atoms with van der Waals surface area (Å²) in [6.07, 6.45) is 20.3. The van der Waals surface area contributed by atoms with Gasteiger partial charge >= 0.3 is 0 Å². The average molecular weight is 842 g/mol. The van der Waals surface area contributed by atoms with Crippen LogP contribution in [0.5, 0.6) is 11.5 Å². The first-order chi connectivity index (χ1) is 31.3. The van der Waals surface area contributed by atoms with Gasteiger partial charge in [-0.05, 0) is 134 Å². The zero-order valence-electron chi connectivity index (χ0n) is 37.9. The van der Waals surface area contributed by atoms with Gasteiger partial charge in [-0.15, -0.1) is 0 Å². The van der Waals surface area contributed by atoms with Gasteiger partial charge in [0.05, 0.1) is 6.61 Å². The highest BCUT2D eigenvalue weighted by Crippen LogP contribution is 2.48. The van der Waals surface area contributed by atoms with Crippen molar-refractivity contribution >= 4 is 0 Å². The van der Waals surface area contributed by atoms with Gasteiger partial charge in [0.2, 0.25) is 0 Å². The van der Waals surface area contributed by atoms with Crippen LogP contribution in [-0.2, 0) is 10.2 Å². The van der Waals surface area contributed by atoms with Gasteiger partial charge in [0.15, 0.2) is 0 Å². The minimum absolute atomic E-state index is 0.0581. The molecule has 0 bridgehead atoms. The second-order valence-electron chi connectivity index (χ2n) is 16.9. The molecule has 64 heavy (non-hydrogen) atoms. The number of para-hydroxylation sites is 1. The van der Waals surface area contributed by atoms with Gasteiger partial charge in [-0.1, -0.05) is 195 Å². The van der Waals surface area contributed by atoms with Crippen LogP contribution in [0, 0.1) is 13.8 Å². The summed E-state index contributed by atoms with van der Waals surface area (Å²) in [7, 11) is 0.